The Morgan fingerprint density at radius 1 is 0.920 bits per heavy atom. The third kappa shape index (κ3) is 7.71. The van der Waals surface area contributed by atoms with E-state index in [9.17, 15) is 4.79 Å². The first-order valence-corrected chi connectivity index (χ1v) is 11.1. The van der Waals surface area contributed by atoms with Gasteiger partial charge in [-0.15, -0.1) is 11.8 Å². The first kappa shape index (κ1) is 20.8. The summed E-state index contributed by atoms with van der Waals surface area (Å²) in [5, 5.41) is 5.02. The van der Waals surface area contributed by atoms with Crippen molar-refractivity contribution in [3.63, 3.8) is 0 Å². The van der Waals surface area contributed by atoms with E-state index in [-0.39, 0.29) is 5.91 Å². The lowest BCUT2D eigenvalue weighted by Crippen LogP contribution is -2.27. The zero-order valence-electron chi connectivity index (χ0n) is 13.4. The lowest BCUT2D eigenvalue weighted by molar-refractivity contribution is -0.118. The maximum absolute atomic E-state index is 11.8. The lowest BCUT2D eigenvalue weighted by Gasteiger charge is -2.08. The Balaban J connectivity index is 1.57. The van der Waals surface area contributed by atoms with E-state index >= 15 is 0 Å². The smallest absolute Gasteiger partial charge is 0.230 e. The molecule has 134 valence electrons. The van der Waals surface area contributed by atoms with Crippen molar-refractivity contribution < 1.29 is 4.79 Å². The summed E-state index contributed by atoms with van der Waals surface area (Å²) < 4.78 is 0. The average Bonchev–Trinajstić information content (AvgIpc) is 2.58. The molecule has 0 saturated carbocycles. The summed E-state index contributed by atoms with van der Waals surface area (Å²) in [6, 6.07) is 13.2. The fraction of sp³-hybridized carbons (Fsp3) is 0.278. The van der Waals surface area contributed by atoms with Crippen molar-refractivity contribution in [3.05, 3.63) is 68.7 Å². The molecule has 0 fully saturated rings. The molecule has 2 aromatic carbocycles. The molecule has 0 radical (unpaired) electrons. The van der Waals surface area contributed by atoms with Gasteiger partial charge in [0.05, 0.1) is 5.75 Å². The monoisotopic (exact) mass is 433 g/mol. The molecule has 0 aliphatic heterocycles. The van der Waals surface area contributed by atoms with Crippen molar-refractivity contribution in [1.29, 1.82) is 0 Å². The van der Waals surface area contributed by atoms with Crippen LogP contribution in [-0.2, 0) is 16.3 Å². The molecule has 0 spiro atoms. The number of thioether (sulfide) groups is 2. The van der Waals surface area contributed by atoms with Crippen LogP contribution in [-0.4, -0.2) is 24.0 Å². The van der Waals surface area contributed by atoms with Gasteiger partial charge in [-0.05, 0) is 35.4 Å². The first-order valence-electron chi connectivity index (χ1n) is 7.66. The second-order valence-electron chi connectivity index (χ2n) is 5.22. The van der Waals surface area contributed by atoms with E-state index in [0.29, 0.717) is 22.3 Å². The Hall–Kier alpha value is -0.520. The van der Waals surface area contributed by atoms with Crippen molar-refractivity contribution in [2.75, 3.05) is 18.1 Å². The molecular weight excluding hydrogens is 417 g/mol. The summed E-state index contributed by atoms with van der Waals surface area (Å²) >= 11 is 21.4. The normalized spacial score (nSPS) is 10.7. The zero-order valence-corrected chi connectivity index (χ0v) is 17.3. The van der Waals surface area contributed by atoms with Crippen molar-refractivity contribution in [2.24, 2.45) is 0 Å². The minimum absolute atomic E-state index is 0.0512. The van der Waals surface area contributed by atoms with Gasteiger partial charge < -0.3 is 5.32 Å². The van der Waals surface area contributed by atoms with E-state index in [2.05, 4.69) is 5.32 Å². The van der Waals surface area contributed by atoms with E-state index in [4.69, 9.17) is 34.8 Å². The van der Waals surface area contributed by atoms with Crippen LogP contribution < -0.4 is 5.32 Å². The highest BCUT2D eigenvalue weighted by Gasteiger charge is 2.06. The zero-order chi connectivity index (χ0) is 18.1. The Morgan fingerprint density at radius 2 is 1.60 bits per heavy atom. The highest BCUT2D eigenvalue weighted by Crippen LogP contribution is 2.27. The van der Waals surface area contributed by atoms with Crippen LogP contribution in [0.3, 0.4) is 0 Å². The van der Waals surface area contributed by atoms with Crippen LogP contribution in [0.1, 0.15) is 11.1 Å². The highest BCUT2D eigenvalue weighted by molar-refractivity contribution is 7.99. The number of carbonyl (C=O) groups is 1. The molecule has 7 heteroatoms. The molecule has 0 aliphatic carbocycles. The summed E-state index contributed by atoms with van der Waals surface area (Å²) in [5.41, 5.74) is 2.11. The molecule has 0 unspecified atom stereocenters. The van der Waals surface area contributed by atoms with Crippen LogP contribution in [0.5, 0.6) is 0 Å². The summed E-state index contributed by atoms with van der Waals surface area (Å²) in [4.78, 5) is 11.8. The van der Waals surface area contributed by atoms with Crippen LogP contribution in [0.2, 0.25) is 15.1 Å². The van der Waals surface area contributed by atoms with Gasteiger partial charge in [-0.25, -0.2) is 0 Å². The third-order valence-electron chi connectivity index (χ3n) is 3.29. The fourth-order valence-corrected chi connectivity index (χ4v) is 4.54. The summed E-state index contributed by atoms with van der Waals surface area (Å²) in [6.07, 6.45) is 0. The number of benzene rings is 2. The van der Waals surface area contributed by atoms with Crippen molar-refractivity contribution >= 4 is 64.2 Å². The van der Waals surface area contributed by atoms with E-state index in [1.807, 2.05) is 42.5 Å². The Morgan fingerprint density at radius 3 is 2.28 bits per heavy atom. The Labute approximate surface area is 172 Å². The second kappa shape index (κ2) is 11.2. The molecule has 0 atom stereocenters. The van der Waals surface area contributed by atoms with Gasteiger partial charge in [0, 0.05) is 38.9 Å². The molecule has 0 saturated heterocycles. The minimum atomic E-state index is 0.0512. The molecule has 25 heavy (non-hydrogen) atoms. The Kier molecular flexibility index (Phi) is 9.35. The molecule has 0 aliphatic rings. The second-order valence-corrected chi connectivity index (χ2v) is 8.56. The van der Waals surface area contributed by atoms with E-state index in [1.54, 1.807) is 23.5 Å². The molecule has 0 heterocycles. The number of nitrogens with one attached hydrogen (secondary N) is 1. The topological polar surface area (TPSA) is 29.1 Å². The highest BCUT2D eigenvalue weighted by atomic mass is 35.5. The molecule has 0 aromatic heterocycles. The van der Waals surface area contributed by atoms with Crippen LogP contribution in [0.4, 0.5) is 0 Å². The molecular formula is C18H18Cl3NOS2. The SMILES string of the molecule is O=C(CSCc1ccc(Cl)cc1)NCCSCc1c(Cl)cccc1Cl. The van der Waals surface area contributed by atoms with Gasteiger partial charge in [0.15, 0.2) is 0 Å². The number of hydrogen-bond acceptors (Lipinski definition) is 3. The molecule has 1 amide bonds. The van der Waals surface area contributed by atoms with Gasteiger partial charge in [0.1, 0.15) is 0 Å². The largest absolute Gasteiger partial charge is 0.355 e. The predicted molar refractivity (Wildman–Crippen MR) is 113 cm³/mol. The maximum Gasteiger partial charge on any atom is 0.230 e. The lowest BCUT2D eigenvalue weighted by atomic mass is 10.2. The molecule has 2 aromatic rings. The van der Waals surface area contributed by atoms with Gasteiger partial charge in [0.25, 0.3) is 0 Å². The van der Waals surface area contributed by atoms with Crippen molar-refractivity contribution in [3.8, 4) is 0 Å². The van der Waals surface area contributed by atoms with Gasteiger partial charge in [0.2, 0.25) is 5.91 Å². The van der Waals surface area contributed by atoms with Gasteiger partial charge >= 0.3 is 0 Å². The molecule has 1 N–H and O–H groups in total. The minimum Gasteiger partial charge on any atom is -0.355 e. The van der Waals surface area contributed by atoms with Crippen LogP contribution in [0.25, 0.3) is 0 Å². The number of amides is 1. The summed E-state index contributed by atoms with van der Waals surface area (Å²) in [6.45, 7) is 0.632. The van der Waals surface area contributed by atoms with Crippen LogP contribution >= 0.6 is 58.3 Å². The standard InChI is InChI=1S/C18H18Cl3NOS2/c19-14-6-4-13(5-7-14)10-25-12-18(23)22-8-9-24-11-15-16(20)2-1-3-17(15)21/h1-7H,8-12H2,(H,22,23). The third-order valence-corrected chi connectivity index (χ3v) is 6.24. The Bertz CT molecular complexity index is 675. The van der Waals surface area contributed by atoms with Gasteiger partial charge in [-0.2, -0.15) is 11.8 Å². The van der Waals surface area contributed by atoms with Crippen LogP contribution in [0, 0.1) is 0 Å². The number of carbonyl (C=O) groups excluding carboxylic acids is 1. The van der Waals surface area contributed by atoms with E-state index in [1.165, 1.54) is 0 Å². The first-order chi connectivity index (χ1) is 12.1. The number of halogens is 3. The number of hydrogen-bond donors (Lipinski definition) is 1. The van der Waals surface area contributed by atoms with Crippen molar-refractivity contribution in [2.45, 2.75) is 11.5 Å². The van der Waals surface area contributed by atoms with Crippen molar-refractivity contribution in [1.82, 2.24) is 5.32 Å². The van der Waals surface area contributed by atoms with Gasteiger partial charge in [-0.3, -0.25) is 4.79 Å². The quantitative estimate of drug-likeness (QED) is 0.496. The fourth-order valence-electron chi connectivity index (χ4n) is 2.00. The molecule has 2 rings (SSSR count). The van der Waals surface area contributed by atoms with Gasteiger partial charge in [-0.1, -0.05) is 53.0 Å². The maximum atomic E-state index is 11.8. The predicted octanol–water partition coefficient (Wildman–Crippen LogP) is 5.93. The summed E-state index contributed by atoms with van der Waals surface area (Å²) in [7, 11) is 0. The molecule has 2 nitrogen and oxygen atoms in total. The van der Waals surface area contributed by atoms with Crippen LogP contribution in [0.15, 0.2) is 42.5 Å². The van der Waals surface area contributed by atoms with E-state index in [0.717, 1.165) is 33.4 Å². The van der Waals surface area contributed by atoms with E-state index < -0.39 is 0 Å². The average molecular weight is 435 g/mol. The number of rotatable bonds is 9. The summed E-state index contributed by atoms with van der Waals surface area (Å²) in [5.74, 6) is 2.85. The molecule has 0 bridgehead atoms.